The van der Waals surface area contributed by atoms with Crippen molar-refractivity contribution in [2.45, 2.75) is 19.3 Å². The number of alkyl halides is 1. The minimum atomic E-state index is -0.347. The van der Waals surface area contributed by atoms with Crippen molar-refractivity contribution >= 4 is 34.2 Å². The molecule has 1 amide bonds. The van der Waals surface area contributed by atoms with Gasteiger partial charge in [0.1, 0.15) is 5.75 Å². The monoisotopic (exact) mass is 453 g/mol. The Kier molecular flexibility index (Phi) is 6.76. The first-order valence-electron chi connectivity index (χ1n) is 10.1. The quantitative estimate of drug-likeness (QED) is 0.290. The fraction of sp³-hybridized carbons (Fsp3) is 0.227. The second-order valence-corrected chi connectivity index (χ2v) is 7.36. The van der Waals surface area contributed by atoms with E-state index in [2.05, 4.69) is 25.9 Å². The number of aromatic nitrogens is 4. The molecule has 0 bridgehead atoms. The number of nitrogens with zero attached hydrogens (tertiary/aromatic N) is 3. The largest absolute Gasteiger partial charge is 0.494 e. The minimum absolute atomic E-state index is 0.168. The summed E-state index contributed by atoms with van der Waals surface area (Å²) in [5.41, 5.74) is 0.755. The van der Waals surface area contributed by atoms with Gasteiger partial charge in [-0.1, -0.05) is 6.07 Å². The molecule has 0 radical (unpaired) electrons. The summed E-state index contributed by atoms with van der Waals surface area (Å²) in [4.78, 5) is 25.3. The van der Waals surface area contributed by atoms with Gasteiger partial charge in [0.05, 0.1) is 17.7 Å². The van der Waals surface area contributed by atoms with E-state index in [1.165, 1.54) is 6.07 Å². The van der Waals surface area contributed by atoms with Gasteiger partial charge in [0, 0.05) is 17.5 Å². The predicted octanol–water partition coefficient (Wildman–Crippen LogP) is 4.01. The van der Waals surface area contributed by atoms with Crippen molar-refractivity contribution in [1.82, 2.24) is 20.6 Å². The third-order valence-corrected chi connectivity index (χ3v) is 5.01. The first-order chi connectivity index (χ1) is 15.7. The molecule has 0 unspecified atom stereocenters. The van der Waals surface area contributed by atoms with Crippen LogP contribution < -0.4 is 15.5 Å². The summed E-state index contributed by atoms with van der Waals surface area (Å²) in [6.45, 7) is 0.598. The molecule has 10 heteroatoms. The van der Waals surface area contributed by atoms with E-state index in [-0.39, 0.29) is 28.5 Å². The number of carbonyl (C=O) groups excluding carboxylic acids is 1. The Morgan fingerprint density at radius 2 is 1.97 bits per heavy atom. The molecule has 2 N–H and O–H groups in total. The van der Waals surface area contributed by atoms with E-state index in [0.29, 0.717) is 34.9 Å². The second kappa shape index (κ2) is 10.1. The number of aromatic amines is 1. The molecule has 2 aromatic carbocycles. The topological polar surface area (TPSA) is 123 Å². The summed E-state index contributed by atoms with van der Waals surface area (Å²) < 4.78 is 11.5. The highest BCUT2D eigenvalue weighted by Gasteiger charge is 2.15. The molecule has 4 rings (SSSR count). The number of ether oxygens (including phenoxy) is 1. The fourth-order valence-corrected chi connectivity index (χ4v) is 3.31. The smallest absolute Gasteiger partial charge is 0.255 e. The SMILES string of the molecule is O=C(Nc1cccc2c(=O)cc(-c3nnn[nH]3)oc12)c1ccc(OCCCCCCl)cc1. The van der Waals surface area contributed by atoms with Crippen LogP contribution in [0.15, 0.2) is 57.7 Å². The van der Waals surface area contributed by atoms with Gasteiger partial charge in [-0.25, -0.2) is 5.10 Å². The van der Waals surface area contributed by atoms with Crippen molar-refractivity contribution in [2.24, 2.45) is 0 Å². The number of unbranched alkanes of at least 4 members (excludes halogenated alkanes) is 2. The van der Waals surface area contributed by atoms with Crippen LogP contribution in [0.3, 0.4) is 0 Å². The fourth-order valence-electron chi connectivity index (χ4n) is 3.12. The molecule has 4 aromatic rings. The number of hydrogen-bond acceptors (Lipinski definition) is 7. The van der Waals surface area contributed by atoms with Gasteiger partial charge >= 0.3 is 0 Å². The van der Waals surface area contributed by atoms with Crippen LogP contribution in [0.25, 0.3) is 22.6 Å². The van der Waals surface area contributed by atoms with Gasteiger partial charge in [-0.15, -0.1) is 16.7 Å². The van der Waals surface area contributed by atoms with Crippen LogP contribution in [0, 0.1) is 0 Å². The lowest BCUT2D eigenvalue weighted by atomic mass is 10.1. The maximum absolute atomic E-state index is 12.8. The van der Waals surface area contributed by atoms with E-state index >= 15 is 0 Å². The Balaban J connectivity index is 1.50. The number of fused-ring (bicyclic) bond motifs is 1. The van der Waals surface area contributed by atoms with E-state index in [1.54, 1.807) is 42.5 Å². The number of rotatable bonds is 9. The number of para-hydroxylation sites is 1. The van der Waals surface area contributed by atoms with Gasteiger partial charge < -0.3 is 14.5 Å². The normalized spacial score (nSPS) is 10.9. The van der Waals surface area contributed by atoms with Crippen LogP contribution >= 0.6 is 11.6 Å². The molecule has 0 aliphatic rings. The Bertz CT molecular complexity index is 1260. The van der Waals surface area contributed by atoms with Gasteiger partial charge in [-0.3, -0.25) is 9.59 Å². The average molecular weight is 454 g/mol. The first-order valence-corrected chi connectivity index (χ1v) is 10.6. The number of carbonyl (C=O) groups is 1. The molecule has 2 aromatic heterocycles. The summed E-state index contributed by atoms with van der Waals surface area (Å²) in [5, 5.41) is 16.4. The molecule has 2 heterocycles. The number of hydrogen-bond donors (Lipinski definition) is 2. The van der Waals surface area contributed by atoms with E-state index in [4.69, 9.17) is 20.8 Å². The summed E-state index contributed by atoms with van der Waals surface area (Å²) in [6, 6.07) is 13.1. The first kappa shape index (κ1) is 21.5. The molecule has 0 spiro atoms. The van der Waals surface area contributed by atoms with E-state index in [0.717, 1.165) is 19.3 Å². The lowest BCUT2D eigenvalue weighted by Crippen LogP contribution is -2.13. The standard InChI is InChI=1S/C22H20ClN5O4/c23-11-2-1-3-12-31-15-9-7-14(8-10-15)22(30)24-17-6-4-5-16-18(29)13-19(32-20(16)17)21-25-27-28-26-21/h4-10,13H,1-3,11-12H2,(H,24,30)(H,25,26,27,28). The molecular weight excluding hydrogens is 434 g/mol. The molecule has 32 heavy (non-hydrogen) atoms. The average Bonchev–Trinajstić information content (AvgIpc) is 3.35. The molecule has 0 saturated carbocycles. The lowest BCUT2D eigenvalue weighted by Gasteiger charge is -2.10. The van der Waals surface area contributed by atoms with Crippen molar-refractivity contribution in [3.63, 3.8) is 0 Å². The minimum Gasteiger partial charge on any atom is -0.494 e. The molecule has 0 saturated heterocycles. The molecule has 164 valence electrons. The van der Waals surface area contributed by atoms with Crippen LogP contribution in [0.1, 0.15) is 29.6 Å². The summed E-state index contributed by atoms with van der Waals surface area (Å²) in [7, 11) is 0. The van der Waals surface area contributed by atoms with Crippen molar-refractivity contribution in [3.8, 4) is 17.3 Å². The summed E-state index contributed by atoms with van der Waals surface area (Å²) in [6.07, 6.45) is 2.91. The van der Waals surface area contributed by atoms with Crippen LogP contribution in [0.2, 0.25) is 0 Å². The number of nitrogens with one attached hydrogen (secondary N) is 2. The molecule has 0 aliphatic heterocycles. The number of benzene rings is 2. The van der Waals surface area contributed by atoms with Crippen LogP contribution in [-0.4, -0.2) is 39.0 Å². The van der Waals surface area contributed by atoms with E-state index in [9.17, 15) is 9.59 Å². The van der Waals surface area contributed by atoms with Gasteiger partial charge in [0.15, 0.2) is 16.8 Å². The zero-order valence-electron chi connectivity index (χ0n) is 17.0. The number of amides is 1. The highest BCUT2D eigenvalue weighted by atomic mass is 35.5. The zero-order valence-corrected chi connectivity index (χ0v) is 17.8. The Morgan fingerprint density at radius 3 is 2.72 bits per heavy atom. The Morgan fingerprint density at radius 1 is 1.12 bits per heavy atom. The number of H-pyrrole nitrogens is 1. The van der Waals surface area contributed by atoms with Crippen molar-refractivity contribution in [3.05, 3.63) is 64.3 Å². The van der Waals surface area contributed by atoms with Gasteiger partial charge in [0.2, 0.25) is 5.82 Å². The molecule has 0 atom stereocenters. The van der Waals surface area contributed by atoms with E-state index in [1.807, 2.05) is 0 Å². The maximum Gasteiger partial charge on any atom is 0.255 e. The van der Waals surface area contributed by atoms with Gasteiger partial charge in [0.25, 0.3) is 5.91 Å². The summed E-state index contributed by atoms with van der Waals surface area (Å²) >= 11 is 5.66. The molecule has 0 fully saturated rings. The predicted molar refractivity (Wildman–Crippen MR) is 120 cm³/mol. The zero-order chi connectivity index (χ0) is 22.3. The van der Waals surface area contributed by atoms with E-state index < -0.39 is 0 Å². The molecule has 9 nitrogen and oxygen atoms in total. The van der Waals surface area contributed by atoms with Crippen LogP contribution in [-0.2, 0) is 0 Å². The van der Waals surface area contributed by atoms with Crippen molar-refractivity contribution in [2.75, 3.05) is 17.8 Å². The third kappa shape index (κ3) is 4.94. The van der Waals surface area contributed by atoms with Crippen molar-refractivity contribution in [1.29, 1.82) is 0 Å². The number of anilines is 1. The highest BCUT2D eigenvalue weighted by Crippen LogP contribution is 2.26. The van der Waals surface area contributed by atoms with Gasteiger partial charge in [-0.2, -0.15) is 0 Å². The number of tetrazole rings is 1. The Labute approximate surface area is 187 Å². The lowest BCUT2D eigenvalue weighted by molar-refractivity contribution is 0.102. The van der Waals surface area contributed by atoms with Crippen molar-refractivity contribution < 1.29 is 13.9 Å². The molecular formula is C22H20ClN5O4. The maximum atomic E-state index is 12.8. The highest BCUT2D eigenvalue weighted by molar-refractivity contribution is 6.17. The Hall–Kier alpha value is -3.72. The summed E-state index contributed by atoms with van der Waals surface area (Å²) in [5.74, 6) is 1.38. The second-order valence-electron chi connectivity index (χ2n) is 6.98. The van der Waals surface area contributed by atoms with Gasteiger partial charge in [-0.05, 0) is 66.1 Å². The third-order valence-electron chi connectivity index (χ3n) is 4.74. The van der Waals surface area contributed by atoms with Crippen LogP contribution in [0.4, 0.5) is 5.69 Å². The number of halogens is 1. The van der Waals surface area contributed by atoms with Crippen LogP contribution in [0.5, 0.6) is 5.75 Å². The molecule has 0 aliphatic carbocycles.